The molecule has 0 N–H and O–H groups in total. The fourth-order valence-electron chi connectivity index (χ4n) is 4.73. The number of aryl methyl sites for hydroxylation is 1. The molecule has 0 aliphatic heterocycles. The largest absolute Gasteiger partial charge is 0.345 e. The molecule has 1 aliphatic carbocycles. The van der Waals surface area contributed by atoms with Gasteiger partial charge in [-0.2, -0.15) is 9.78 Å². The SMILES string of the molecule is CC[C@H](C)c1nc2ccc(Br)cc2c(=O)n1N=Cc1cc(C)n(C2CCCCC2)c1C. The third-order valence-corrected chi connectivity index (χ3v) is 7.16. The number of benzene rings is 1. The van der Waals surface area contributed by atoms with Gasteiger partial charge >= 0.3 is 0 Å². The van der Waals surface area contributed by atoms with Crippen LogP contribution in [0.15, 0.2) is 38.6 Å². The van der Waals surface area contributed by atoms with Crippen molar-refractivity contribution in [1.29, 1.82) is 0 Å². The molecule has 1 aliphatic rings. The molecule has 4 rings (SSSR count). The Balaban J connectivity index is 1.79. The lowest BCUT2D eigenvalue weighted by molar-refractivity contribution is 0.346. The zero-order chi connectivity index (χ0) is 22.1. The fraction of sp³-hybridized carbons (Fsp3) is 0.480. The predicted octanol–water partition coefficient (Wildman–Crippen LogP) is 6.48. The summed E-state index contributed by atoms with van der Waals surface area (Å²) in [5.74, 6) is 0.840. The average molecular weight is 483 g/mol. The smallest absolute Gasteiger partial charge is 0.282 e. The van der Waals surface area contributed by atoms with Crippen molar-refractivity contribution in [3.63, 3.8) is 0 Å². The van der Waals surface area contributed by atoms with Gasteiger partial charge in [0.1, 0.15) is 5.82 Å². The van der Waals surface area contributed by atoms with Crippen LogP contribution in [0.4, 0.5) is 0 Å². The molecule has 1 aromatic carbocycles. The van der Waals surface area contributed by atoms with Gasteiger partial charge in [-0.05, 0) is 57.4 Å². The minimum atomic E-state index is -0.126. The lowest BCUT2D eigenvalue weighted by Gasteiger charge is -2.26. The van der Waals surface area contributed by atoms with Crippen LogP contribution in [-0.4, -0.2) is 20.4 Å². The maximum absolute atomic E-state index is 13.3. The minimum Gasteiger partial charge on any atom is -0.345 e. The zero-order valence-electron chi connectivity index (χ0n) is 18.9. The molecule has 2 aromatic heterocycles. The molecule has 5 nitrogen and oxygen atoms in total. The first-order valence-electron chi connectivity index (χ1n) is 11.4. The maximum atomic E-state index is 13.3. The van der Waals surface area contributed by atoms with Gasteiger partial charge in [0.25, 0.3) is 5.56 Å². The van der Waals surface area contributed by atoms with Gasteiger partial charge in [-0.3, -0.25) is 4.79 Å². The Bertz CT molecular complexity index is 1180. The summed E-state index contributed by atoms with van der Waals surface area (Å²) in [4.78, 5) is 18.1. The molecule has 0 spiro atoms. The highest BCUT2D eigenvalue weighted by atomic mass is 79.9. The Labute approximate surface area is 192 Å². The molecule has 2 heterocycles. The van der Waals surface area contributed by atoms with Crippen molar-refractivity contribution in [2.24, 2.45) is 5.10 Å². The number of rotatable bonds is 5. The summed E-state index contributed by atoms with van der Waals surface area (Å²) in [6.07, 6.45) is 9.16. The van der Waals surface area contributed by atoms with E-state index < -0.39 is 0 Å². The molecular formula is C25H31BrN4O. The highest BCUT2D eigenvalue weighted by molar-refractivity contribution is 9.10. The highest BCUT2D eigenvalue weighted by Crippen LogP contribution is 2.32. The predicted molar refractivity (Wildman–Crippen MR) is 131 cm³/mol. The van der Waals surface area contributed by atoms with E-state index in [4.69, 9.17) is 4.98 Å². The number of nitrogens with zero attached hydrogens (tertiary/aromatic N) is 4. The summed E-state index contributed by atoms with van der Waals surface area (Å²) >= 11 is 3.47. The summed E-state index contributed by atoms with van der Waals surface area (Å²) in [5.41, 5.74) is 4.15. The van der Waals surface area contributed by atoms with Crippen LogP contribution in [0, 0.1) is 13.8 Å². The second-order valence-electron chi connectivity index (χ2n) is 8.79. The summed E-state index contributed by atoms with van der Waals surface area (Å²) in [6, 6.07) is 8.40. The lowest BCUT2D eigenvalue weighted by Crippen LogP contribution is -2.23. The van der Waals surface area contributed by atoms with Gasteiger partial charge in [0.15, 0.2) is 0 Å². The molecule has 6 heteroatoms. The third kappa shape index (κ3) is 4.27. The van der Waals surface area contributed by atoms with E-state index in [1.54, 1.807) is 0 Å². The normalized spacial score (nSPS) is 16.4. The molecule has 0 amide bonds. The number of hydrogen-bond donors (Lipinski definition) is 0. The second-order valence-corrected chi connectivity index (χ2v) is 9.71. The Morgan fingerprint density at radius 3 is 2.68 bits per heavy atom. The second kappa shape index (κ2) is 9.11. The van der Waals surface area contributed by atoms with Gasteiger partial charge in [-0.1, -0.05) is 49.0 Å². The third-order valence-electron chi connectivity index (χ3n) is 6.66. The number of hydrogen-bond acceptors (Lipinski definition) is 3. The molecular weight excluding hydrogens is 452 g/mol. The van der Waals surface area contributed by atoms with Crippen molar-refractivity contribution in [2.45, 2.75) is 78.2 Å². The van der Waals surface area contributed by atoms with Crippen molar-refractivity contribution in [3.05, 3.63) is 61.9 Å². The van der Waals surface area contributed by atoms with E-state index in [9.17, 15) is 4.79 Å². The van der Waals surface area contributed by atoms with E-state index in [2.05, 4.69) is 59.4 Å². The van der Waals surface area contributed by atoms with E-state index >= 15 is 0 Å². The standard InChI is InChI=1S/C25H31BrN4O/c1-5-16(2)24-28-23-12-11-20(26)14-22(23)25(31)30(24)27-15-19-13-17(3)29(18(19)4)21-9-7-6-8-10-21/h11-16,21H,5-10H2,1-4H3/t16-/m0/s1. The Kier molecular flexibility index (Phi) is 6.47. The maximum Gasteiger partial charge on any atom is 0.282 e. The van der Waals surface area contributed by atoms with Crippen LogP contribution in [0.5, 0.6) is 0 Å². The quantitative estimate of drug-likeness (QED) is 0.390. The Hall–Kier alpha value is -2.21. The number of aromatic nitrogens is 3. The van der Waals surface area contributed by atoms with E-state index in [1.165, 1.54) is 48.2 Å². The molecule has 0 radical (unpaired) electrons. The van der Waals surface area contributed by atoms with Crippen molar-refractivity contribution in [3.8, 4) is 0 Å². The van der Waals surface area contributed by atoms with E-state index in [-0.39, 0.29) is 11.5 Å². The summed E-state index contributed by atoms with van der Waals surface area (Å²) in [7, 11) is 0. The molecule has 1 saturated carbocycles. The van der Waals surface area contributed by atoms with Gasteiger partial charge in [0.05, 0.1) is 17.1 Å². The summed E-state index contributed by atoms with van der Waals surface area (Å²) in [6.45, 7) is 8.53. The molecule has 164 valence electrons. The van der Waals surface area contributed by atoms with Crippen LogP contribution in [0.1, 0.15) is 87.1 Å². The van der Waals surface area contributed by atoms with Crippen LogP contribution in [0.2, 0.25) is 0 Å². The van der Waals surface area contributed by atoms with Gasteiger partial charge in [0.2, 0.25) is 0 Å². The van der Waals surface area contributed by atoms with Crippen molar-refractivity contribution in [2.75, 3.05) is 0 Å². The zero-order valence-corrected chi connectivity index (χ0v) is 20.4. The molecule has 31 heavy (non-hydrogen) atoms. The molecule has 0 unspecified atom stereocenters. The highest BCUT2D eigenvalue weighted by Gasteiger charge is 2.20. The molecule has 3 aromatic rings. The van der Waals surface area contributed by atoms with Crippen LogP contribution in [0.3, 0.4) is 0 Å². The molecule has 1 atom stereocenters. The van der Waals surface area contributed by atoms with Crippen molar-refractivity contribution < 1.29 is 0 Å². The van der Waals surface area contributed by atoms with Crippen molar-refractivity contribution >= 4 is 33.0 Å². The van der Waals surface area contributed by atoms with Gasteiger partial charge in [0, 0.05) is 33.4 Å². The van der Waals surface area contributed by atoms with Gasteiger partial charge in [-0.15, -0.1) is 0 Å². The van der Waals surface area contributed by atoms with E-state index in [0.717, 1.165) is 16.5 Å². The molecule has 1 fully saturated rings. The fourth-order valence-corrected chi connectivity index (χ4v) is 5.09. The van der Waals surface area contributed by atoms with Crippen LogP contribution >= 0.6 is 15.9 Å². The number of fused-ring (bicyclic) bond motifs is 1. The van der Waals surface area contributed by atoms with Gasteiger partial charge < -0.3 is 4.57 Å². The first kappa shape index (κ1) is 22.0. The Morgan fingerprint density at radius 1 is 1.23 bits per heavy atom. The first-order valence-corrected chi connectivity index (χ1v) is 12.1. The van der Waals surface area contributed by atoms with Gasteiger partial charge in [-0.25, -0.2) is 4.98 Å². The summed E-state index contributed by atoms with van der Waals surface area (Å²) < 4.78 is 4.83. The molecule has 0 saturated heterocycles. The topological polar surface area (TPSA) is 52.2 Å². The number of halogens is 1. The van der Waals surface area contributed by atoms with E-state index in [0.29, 0.717) is 22.8 Å². The Morgan fingerprint density at radius 2 is 1.97 bits per heavy atom. The molecule has 0 bridgehead atoms. The summed E-state index contributed by atoms with van der Waals surface area (Å²) in [5, 5.41) is 5.25. The van der Waals surface area contributed by atoms with Crippen LogP contribution in [0.25, 0.3) is 10.9 Å². The first-order chi connectivity index (χ1) is 14.9. The average Bonchev–Trinajstić information content (AvgIpc) is 3.06. The van der Waals surface area contributed by atoms with E-state index in [1.807, 2.05) is 24.4 Å². The van der Waals surface area contributed by atoms with Crippen molar-refractivity contribution in [1.82, 2.24) is 14.2 Å². The minimum absolute atomic E-state index is 0.126. The monoisotopic (exact) mass is 482 g/mol. The van der Waals surface area contributed by atoms with Crippen LogP contribution in [-0.2, 0) is 0 Å². The lowest BCUT2D eigenvalue weighted by atomic mass is 9.95. The van der Waals surface area contributed by atoms with Crippen LogP contribution < -0.4 is 5.56 Å².